The van der Waals surface area contributed by atoms with Gasteiger partial charge in [-0.1, -0.05) is 0 Å². The highest BCUT2D eigenvalue weighted by Gasteiger charge is 2.00. The SMILES string of the molecule is CCOCCCNCc1cc(C)nn1C. The van der Waals surface area contributed by atoms with Crippen LogP contribution in [-0.4, -0.2) is 29.5 Å². The fraction of sp³-hybridized carbons (Fsp3) is 0.727. The van der Waals surface area contributed by atoms with Crippen LogP contribution in [0.25, 0.3) is 0 Å². The first kappa shape index (κ1) is 12.2. The molecule has 0 unspecified atom stereocenters. The summed E-state index contributed by atoms with van der Waals surface area (Å²) in [6.07, 6.45) is 1.06. The van der Waals surface area contributed by atoms with E-state index in [-0.39, 0.29) is 0 Å². The molecule has 4 heteroatoms. The van der Waals surface area contributed by atoms with Gasteiger partial charge in [-0.3, -0.25) is 4.68 Å². The van der Waals surface area contributed by atoms with E-state index in [1.165, 1.54) is 5.69 Å². The number of hydrogen-bond donors (Lipinski definition) is 1. The van der Waals surface area contributed by atoms with Gasteiger partial charge in [0.05, 0.1) is 11.4 Å². The summed E-state index contributed by atoms with van der Waals surface area (Å²) in [7, 11) is 1.98. The Hall–Kier alpha value is -0.870. The Morgan fingerprint density at radius 3 is 2.93 bits per heavy atom. The van der Waals surface area contributed by atoms with Crippen LogP contribution in [0, 0.1) is 6.92 Å². The van der Waals surface area contributed by atoms with Gasteiger partial charge in [0.2, 0.25) is 0 Å². The van der Waals surface area contributed by atoms with Gasteiger partial charge >= 0.3 is 0 Å². The minimum Gasteiger partial charge on any atom is -0.382 e. The van der Waals surface area contributed by atoms with Gasteiger partial charge in [-0.2, -0.15) is 5.10 Å². The molecule has 86 valence electrons. The first-order valence-electron chi connectivity index (χ1n) is 5.52. The summed E-state index contributed by atoms with van der Waals surface area (Å²) < 4.78 is 7.18. The van der Waals surface area contributed by atoms with E-state index < -0.39 is 0 Å². The van der Waals surface area contributed by atoms with Crippen LogP contribution in [0.3, 0.4) is 0 Å². The zero-order valence-electron chi connectivity index (χ0n) is 9.92. The molecule has 4 nitrogen and oxygen atoms in total. The second-order valence-electron chi connectivity index (χ2n) is 3.63. The van der Waals surface area contributed by atoms with Crippen molar-refractivity contribution in [2.45, 2.75) is 26.8 Å². The normalized spacial score (nSPS) is 10.9. The Morgan fingerprint density at radius 2 is 2.33 bits per heavy atom. The summed E-state index contributed by atoms with van der Waals surface area (Å²) in [5.41, 5.74) is 2.30. The van der Waals surface area contributed by atoms with Gasteiger partial charge in [0, 0.05) is 26.8 Å². The molecule has 15 heavy (non-hydrogen) atoms. The lowest BCUT2D eigenvalue weighted by Crippen LogP contribution is -2.18. The molecule has 0 amide bonds. The van der Waals surface area contributed by atoms with E-state index >= 15 is 0 Å². The molecule has 0 aromatic carbocycles. The first-order chi connectivity index (χ1) is 7.24. The molecule has 0 fully saturated rings. The molecule has 1 aromatic rings. The van der Waals surface area contributed by atoms with E-state index in [2.05, 4.69) is 16.5 Å². The molecule has 0 saturated heterocycles. The van der Waals surface area contributed by atoms with E-state index in [4.69, 9.17) is 4.74 Å². The van der Waals surface area contributed by atoms with Crippen molar-refractivity contribution in [3.8, 4) is 0 Å². The van der Waals surface area contributed by atoms with Crippen molar-refractivity contribution in [3.05, 3.63) is 17.5 Å². The topological polar surface area (TPSA) is 39.1 Å². The van der Waals surface area contributed by atoms with E-state index in [1.54, 1.807) is 0 Å². The first-order valence-corrected chi connectivity index (χ1v) is 5.52. The van der Waals surface area contributed by atoms with Crippen molar-refractivity contribution in [1.82, 2.24) is 15.1 Å². The molecule has 0 saturated carbocycles. The van der Waals surface area contributed by atoms with Crippen molar-refractivity contribution < 1.29 is 4.74 Å². The molecule has 0 bridgehead atoms. The van der Waals surface area contributed by atoms with E-state index in [1.807, 2.05) is 25.6 Å². The molecule has 0 aliphatic rings. The van der Waals surface area contributed by atoms with Gasteiger partial charge < -0.3 is 10.1 Å². The molecule has 0 aliphatic carbocycles. The molecule has 0 radical (unpaired) electrons. The van der Waals surface area contributed by atoms with E-state index in [9.17, 15) is 0 Å². The fourth-order valence-electron chi connectivity index (χ4n) is 1.49. The largest absolute Gasteiger partial charge is 0.382 e. The third-order valence-corrected chi connectivity index (χ3v) is 2.25. The molecular formula is C11H21N3O. The van der Waals surface area contributed by atoms with E-state index in [0.29, 0.717) is 0 Å². The van der Waals surface area contributed by atoms with Crippen LogP contribution in [0.1, 0.15) is 24.7 Å². The Labute approximate surface area is 91.6 Å². The molecule has 0 aliphatic heterocycles. The van der Waals surface area contributed by atoms with Crippen LogP contribution in [0.5, 0.6) is 0 Å². The molecule has 1 N–H and O–H groups in total. The van der Waals surface area contributed by atoms with Gasteiger partial charge in [-0.05, 0) is 32.9 Å². The van der Waals surface area contributed by atoms with Crippen LogP contribution in [-0.2, 0) is 18.3 Å². The number of aryl methyl sites for hydroxylation is 2. The lowest BCUT2D eigenvalue weighted by Gasteiger charge is -2.04. The van der Waals surface area contributed by atoms with Crippen molar-refractivity contribution in [2.24, 2.45) is 7.05 Å². The maximum Gasteiger partial charge on any atom is 0.0597 e. The summed E-state index contributed by atoms with van der Waals surface area (Å²) in [4.78, 5) is 0. The zero-order chi connectivity index (χ0) is 11.1. The third-order valence-electron chi connectivity index (χ3n) is 2.25. The van der Waals surface area contributed by atoms with Gasteiger partial charge in [-0.15, -0.1) is 0 Å². The Morgan fingerprint density at radius 1 is 1.53 bits per heavy atom. The maximum absolute atomic E-state index is 5.26. The summed E-state index contributed by atoms with van der Waals surface area (Å²) >= 11 is 0. The number of ether oxygens (including phenoxy) is 1. The van der Waals surface area contributed by atoms with Crippen molar-refractivity contribution in [2.75, 3.05) is 19.8 Å². The van der Waals surface area contributed by atoms with Gasteiger partial charge in [0.1, 0.15) is 0 Å². The average Bonchev–Trinajstić information content (AvgIpc) is 2.51. The summed E-state index contributed by atoms with van der Waals surface area (Å²) in [5.74, 6) is 0. The summed E-state index contributed by atoms with van der Waals surface area (Å²) in [6, 6.07) is 2.11. The molecular weight excluding hydrogens is 190 g/mol. The second-order valence-corrected chi connectivity index (χ2v) is 3.63. The Kier molecular flexibility index (Phi) is 5.36. The molecule has 1 rings (SSSR count). The highest BCUT2D eigenvalue weighted by atomic mass is 16.5. The predicted molar refractivity (Wildman–Crippen MR) is 60.8 cm³/mol. The predicted octanol–water partition coefficient (Wildman–Crippen LogP) is 1.24. The van der Waals surface area contributed by atoms with Gasteiger partial charge in [0.15, 0.2) is 0 Å². The average molecular weight is 211 g/mol. The summed E-state index contributed by atoms with van der Waals surface area (Å²) in [6.45, 7) is 7.55. The molecule has 1 heterocycles. The Balaban J connectivity index is 2.12. The van der Waals surface area contributed by atoms with Crippen molar-refractivity contribution >= 4 is 0 Å². The van der Waals surface area contributed by atoms with Gasteiger partial charge in [-0.25, -0.2) is 0 Å². The van der Waals surface area contributed by atoms with Crippen LogP contribution >= 0.6 is 0 Å². The monoisotopic (exact) mass is 211 g/mol. The zero-order valence-corrected chi connectivity index (χ0v) is 9.92. The quantitative estimate of drug-likeness (QED) is 0.690. The fourth-order valence-corrected chi connectivity index (χ4v) is 1.49. The number of aromatic nitrogens is 2. The Bertz CT molecular complexity index is 283. The van der Waals surface area contributed by atoms with E-state index in [0.717, 1.165) is 38.4 Å². The molecule has 1 aromatic heterocycles. The van der Waals surface area contributed by atoms with Crippen molar-refractivity contribution in [1.29, 1.82) is 0 Å². The number of nitrogens with one attached hydrogen (secondary N) is 1. The van der Waals surface area contributed by atoms with Gasteiger partial charge in [0.25, 0.3) is 0 Å². The minimum absolute atomic E-state index is 0.806. The number of rotatable bonds is 7. The van der Waals surface area contributed by atoms with Crippen LogP contribution < -0.4 is 5.32 Å². The smallest absolute Gasteiger partial charge is 0.0597 e. The lowest BCUT2D eigenvalue weighted by molar-refractivity contribution is 0.144. The number of nitrogens with zero attached hydrogens (tertiary/aromatic N) is 2. The standard InChI is InChI=1S/C11H21N3O/c1-4-15-7-5-6-12-9-11-8-10(2)13-14(11)3/h8,12H,4-7,9H2,1-3H3. The lowest BCUT2D eigenvalue weighted by atomic mass is 10.3. The molecule has 0 spiro atoms. The van der Waals surface area contributed by atoms with Crippen LogP contribution in [0.4, 0.5) is 0 Å². The van der Waals surface area contributed by atoms with Crippen LogP contribution in [0.2, 0.25) is 0 Å². The molecule has 0 atom stereocenters. The number of hydrogen-bond acceptors (Lipinski definition) is 3. The van der Waals surface area contributed by atoms with Crippen molar-refractivity contribution in [3.63, 3.8) is 0 Å². The minimum atomic E-state index is 0.806. The third kappa shape index (κ3) is 4.44. The summed E-state index contributed by atoms with van der Waals surface area (Å²) in [5, 5.41) is 7.67. The second kappa shape index (κ2) is 6.58. The highest BCUT2D eigenvalue weighted by Crippen LogP contribution is 2.00. The highest BCUT2D eigenvalue weighted by molar-refractivity contribution is 5.08. The van der Waals surface area contributed by atoms with Crippen LogP contribution in [0.15, 0.2) is 6.07 Å². The maximum atomic E-state index is 5.26.